The molecule has 0 unspecified atom stereocenters. The van der Waals surface area contributed by atoms with Gasteiger partial charge in [-0.3, -0.25) is 19.3 Å². The first kappa shape index (κ1) is 15.4. The van der Waals surface area contributed by atoms with Gasteiger partial charge in [0.05, 0.1) is 33.5 Å². The monoisotopic (exact) mass is 337 g/mol. The molecule has 0 fully saturated rings. The first-order valence-corrected chi connectivity index (χ1v) is 8.11. The number of aliphatic carboxylic acids is 1. The Labute approximate surface area is 143 Å². The van der Waals surface area contributed by atoms with Gasteiger partial charge in [-0.2, -0.15) is 0 Å². The lowest BCUT2D eigenvalue weighted by atomic mass is 10.0. The number of hydrogen-bond donors (Lipinski definition) is 1. The topological polar surface area (TPSA) is 100 Å². The minimum Gasteiger partial charge on any atom is -0.480 e. The molecule has 1 aliphatic carbocycles. The number of aromatic nitrogens is 2. The second-order valence-corrected chi connectivity index (χ2v) is 6.14. The van der Waals surface area contributed by atoms with Crippen molar-refractivity contribution in [2.45, 2.75) is 25.7 Å². The molecule has 1 aromatic carbocycles. The average Bonchev–Trinajstić information content (AvgIpc) is 2.77. The van der Waals surface area contributed by atoms with Crippen molar-refractivity contribution in [3.63, 3.8) is 0 Å². The van der Waals surface area contributed by atoms with E-state index in [1.807, 2.05) is 0 Å². The van der Waals surface area contributed by atoms with Gasteiger partial charge >= 0.3 is 5.97 Å². The molecule has 0 bridgehead atoms. The van der Waals surface area contributed by atoms with Gasteiger partial charge in [-0.25, -0.2) is 9.97 Å². The van der Waals surface area contributed by atoms with Crippen molar-refractivity contribution in [1.29, 1.82) is 0 Å². The van der Waals surface area contributed by atoms with Crippen LogP contribution in [0.25, 0.3) is 11.0 Å². The number of carboxylic acid groups (broad SMARTS) is 1. The molecule has 2 aromatic rings. The first-order chi connectivity index (χ1) is 12.0. The Morgan fingerprint density at radius 2 is 1.44 bits per heavy atom. The Balaban J connectivity index is 1.82. The average molecular weight is 337 g/mol. The van der Waals surface area contributed by atoms with E-state index in [1.54, 1.807) is 12.1 Å². The Bertz CT molecular complexity index is 896. The van der Waals surface area contributed by atoms with Crippen molar-refractivity contribution in [2.75, 3.05) is 6.54 Å². The van der Waals surface area contributed by atoms with E-state index in [9.17, 15) is 14.4 Å². The van der Waals surface area contributed by atoms with Crippen molar-refractivity contribution in [3.8, 4) is 0 Å². The second-order valence-electron chi connectivity index (χ2n) is 6.14. The van der Waals surface area contributed by atoms with Gasteiger partial charge in [-0.1, -0.05) is 12.2 Å². The number of carboxylic acids is 1. The summed E-state index contributed by atoms with van der Waals surface area (Å²) in [7, 11) is 0. The molecule has 0 atom stereocenters. The molecule has 126 valence electrons. The quantitative estimate of drug-likeness (QED) is 0.662. The Morgan fingerprint density at radius 3 is 1.88 bits per heavy atom. The maximum atomic E-state index is 12.4. The molecule has 2 aliphatic rings. The molecular weight excluding hydrogens is 322 g/mol. The van der Waals surface area contributed by atoms with Crippen LogP contribution in [0.2, 0.25) is 0 Å². The fourth-order valence-electron chi connectivity index (χ4n) is 3.27. The van der Waals surface area contributed by atoms with E-state index in [0.717, 1.165) is 42.0 Å². The van der Waals surface area contributed by atoms with E-state index in [0.29, 0.717) is 11.0 Å². The number of hydrogen-bond acceptors (Lipinski definition) is 5. The fourth-order valence-corrected chi connectivity index (χ4v) is 3.27. The van der Waals surface area contributed by atoms with Gasteiger partial charge in [0, 0.05) is 0 Å². The summed E-state index contributed by atoms with van der Waals surface area (Å²) in [5.41, 5.74) is 3.32. The molecule has 0 saturated carbocycles. The summed E-state index contributed by atoms with van der Waals surface area (Å²) < 4.78 is 0. The van der Waals surface area contributed by atoms with Gasteiger partial charge in [0.1, 0.15) is 6.54 Å². The standard InChI is InChI=1S/C18H15N3O4/c22-16(23)9-21-17(24)10-7-14-15(8-11(10)18(21)25)20-13-6-4-2-1-3-5-12(13)19-14/h1-2,7-8H,3-6,9H2,(H,22,23)/b2-1+. The fraction of sp³-hybridized carbons (Fsp3) is 0.278. The lowest BCUT2D eigenvalue weighted by Crippen LogP contribution is -2.34. The van der Waals surface area contributed by atoms with Crippen LogP contribution in [0.4, 0.5) is 0 Å². The van der Waals surface area contributed by atoms with Gasteiger partial charge in [0.25, 0.3) is 11.8 Å². The van der Waals surface area contributed by atoms with Gasteiger partial charge in [0.15, 0.2) is 0 Å². The van der Waals surface area contributed by atoms with E-state index in [4.69, 9.17) is 5.11 Å². The summed E-state index contributed by atoms with van der Waals surface area (Å²) in [4.78, 5) is 45.6. The number of rotatable bonds is 2. The SMILES string of the molecule is O=C(O)CN1C(=O)c2cc3nc4c(nc3cc2C1=O)CC/C=C/CC4. The zero-order valence-corrected chi connectivity index (χ0v) is 13.4. The highest BCUT2D eigenvalue weighted by Gasteiger charge is 2.37. The number of nitrogens with zero attached hydrogens (tertiary/aromatic N) is 3. The highest BCUT2D eigenvalue weighted by molar-refractivity contribution is 6.23. The predicted octanol–water partition coefficient (Wildman–Crippen LogP) is 1.75. The highest BCUT2D eigenvalue weighted by atomic mass is 16.4. The number of amides is 2. The van der Waals surface area contributed by atoms with Crippen molar-refractivity contribution in [3.05, 3.63) is 46.8 Å². The van der Waals surface area contributed by atoms with E-state index in [-0.39, 0.29) is 11.1 Å². The second kappa shape index (κ2) is 5.77. The molecule has 2 heterocycles. The number of fused-ring (bicyclic) bond motifs is 3. The van der Waals surface area contributed by atoms with Crippen molar-refractivity contribution in [1.82, 2.24) is 14.9 Å². The van der Waals surface area contributed by atoms with E-state index in [1.165, 1.54) is 0 Å². The Morgan fingerprint density at radius 1 is 0.960 bits per heavy atom. The summed E-state index contributed by atoms with van der Waals surface area (Å²) in [5.74, 6) is -2.42. The summed E-state index contributed by atoms with van der Waals surface area (Å²) in [6, 6.07) is 3.10. The number of imide groups is 1. The Kier molecular flexibility index (Phi) is 3.56. The normalized spacial score (nSPS) is 17.8. The van der Waals surface area contributed by atoms with Gasteiger partial charge in [0.2, 0.25) is 0 Å². The summed E-state index contributed by atoms with van der Waals surface area (Å²) in [5, 5.41) is 8.90. The first-order valence-electron chi connectivity index (χ1n) is 8.11. The van der Waals surface area contributed by atoms with Crippen LogP contribution in [0, 0.1) is 0 Å². The number of carbonyl (C=O) groups excluding carboxylic acids is 2. The van der Waals surface area contributed by atoms with E-state index in [2.05, 4.69) is 22.1 Å². The van der Waals surface area contributed by atoms with Crippen LogP contribution >= 0.6 is 0 Å². The van der Waals surface area contributed by atoms with E-state index < -0.39 is 24.3 Å². The number of carbonyl (C=O) groups is 3. The van der Waals surface area contributed by atoms with Crippen LogP contribution in [0.3, 0.4) is 0 Å². The van der Waals surface area contributed by atoms with E-state index >= 15 is 0 Å². The van der Waals surface area contributed by atoms with Crippen molar-refractivity contribution in [2.24, 2.45) is 0 Å². The van der Waals surface area contributed by atoms with Crippen LogP contribution < -0.4 is 0 Å². The summed E-state index contributed by atoms with van der Waals surface area (Å²) >= 11 is 0. The molecule has 25 heavy (non-hydrogen) atoms. The molecule has 0 saturated heterocycles. The van der Waals surface area contributed by atoms with Crippen molar-refractivity contribution < 1.29 is 19.5 Å². The van der Waals surface area contributed by atoms with Crippen LogP contribution in [0.5, 0.6) is 0 Å². The molecule has 7 nitrogen and oxygen atoms in total. The molecule has 1 N–H and O–H groups in total. The molecule has 1 aliphatic heterocycles. The third kappa shape index (κ3) is 2.57. The van der Waals surface area contributed by atoms with Gasteiger partial charge in [-0.05, 0) is 37.8 Å². The number of benzene rings is 1. The molecule has 1 aromatic heterocycles. The smallest absolute Gasteiger partial charge is 0.323 e. The molecule has 4 rings (SSSR count). The maximum Gasteiger partial charge on any atom is 0.323 e. The zero-order chi connectivity index (χ0) is 17.6. The lowest BCUT2D eigenvalue weighted by Gasteiger charge is -2.11. The summed E-state index contributed by atoms with van der Waals surface area (Å²) in [6.45, 7) is -0.647. The number of aryl methyl sites for hydroxylation is 2. The van der Waals surface area contributed by atoms with Gasteiger partial charge < -0.3 is 5.11 Å². The molecule has 7 heteroatoms. The van der Waals surface area contributed by atoms with Crippen LogP contribution in [-0.4, -0.2) is 44.3 Å². The van der Waals surface area contributed by atoms with Crippen LogP contribution in [-0.2, 0) is 17.6 Å². The van der Waals surface area contributed by atoms with Gasteiger partial charge in [-0.15, -0.1) is 0 Å². The zero-order valence-electron chi connectivity index (χ0n) is 13.4. The predicted molar refractivity (Wildman–Crippen MR) is 88.3 cm³/mol. The molecule has 2 amide bonds. The third-order valence-corrected chi connectivity index (χ3v) is 4.47. The van der Waals surface area contributed by atoms with Crippen molar-refractivity contribution >= 4 is 28.8 Å². The lowest BCUT2D eigenvalue weighted by molar-refractivity contribution is -0.137. The molecule has 0 radical (unpaired) electrons. The highest BCUT2D eigenvalue weighted by Crippen LogP contribution is 2.27. The third-order valence-electron chi connectivity index (χ3n) is 4.47. The molecule has 0 spiro atoms. The summed E-state index contributed by atoms with van der Waals surface area (Å²) in [6.07, 6.45) is 7.60. The maximum absolute atomic E-state index is 12.4. The molecular formula is C18H15N3O4. The number of allylic oxidation sites excluding steroid dienone is 2. The van der Waals surface area contributed by atoms with Crippen LogP contribution in [0.15, 0.2) is 24.3 Å². The van der Waals surface area contributed by atoms with Crippen LogP contribution in [0.1, 0.15) is 44.9 Å². The largest absolute Gasteiger partial charge is 0.480 e. The Hall–Kier alpha value is -3.09. The minimum atomic E-state index is -1.23. The minimum absolute atomic E-state index is 0.193.